The van der Waals surface area contributed by atoms with E-state index in [2.05, 4.69) is 21.5 Å². The van der Waals surface area contributed by atoms with Gasteiger partial charge in [0.2, 0.25) is 5.91 Å². The van der Waals surface area contributed by atoms with E-state index in [4.69, 9.17) is 4.74 Å². The van der Waals surface area contributed by atoms with E-state index in [0.29, 0.717) is 39.5 Å². The molecule has 0 spiro atoms. The van der Waals surface area contributed by atoms with Gasteiger partial charge in [0.15, 0.2) is 0 Å². The summed E-state index contributed by atoms with van der Waals surface area (Å²) in [5.74, 6) is 3.80. The van der Waals surface area contributed by atoms with Crippen molar-refractivity contribution < 1.29 is 18.5 Å². The predicted molar refractivity (Wildman–Crippen MR) is 195 cm³/mol. The molecule has 0 fully saturated rings. The Hall–Kier alpha value is -5.55. The number of hydrogen-bond acceptors (Lipinski definition) is 6. The Kier molecular flexibility index (Phi) is 8.15. The molecule has 8 rings (SSSR count). The summed E-state index contributed by atoms with van der Waals surface area (Å²) in [7, 11) is -1.16. The van der Waals surface area contributed by atoms with Gasteiger partial charge in [-0.1, -0.05) is 49.4 Å². The molecule has 3 aliphatic rings. The molecule has 1 aromatic heterocycles. The van der Waals surface area contributed by atoms with Crippen molar-refractivity contribution in [2.24, 2.45) is 0 Å². The molecule has 2 amide bonds. The molecule has 250 valence electrons. The summed E-state index contributed by atoms with van der Waals surface area (Å²) in [4.78, 5) is 45.1. The maximum Gasteiger partial charge on any atom is 0.411 e. The first-order valence-electron chi connectivity index (χ1n) is 16.0. The average molecular weight is 676 g/mol. The number of aromatic nitrogens is 1. The van der Waals surface area contributed by atoms with Crippen molar-refractivity contribution in [1.29, 1.82) is 0 Å². The van der Waals surface area contributed by atoms with Gasteiger partial charge in [-0.05, 0) is 88.5 Å². The highest BCUT2D eigenvalue weighted by molar-refractivity contribution is 8.01. The summed E-state index contributed by atoms with van der Waals surface area (Å²) in [6, 6.07) is 25.2. The molecule has 0 radical (unpaired) electrons. The van der Waals surface area contributed by atoms with E-state index in [-0.39, 0.29) is 30.5 Å². The maximum absolute atomic E-state index is 14.5. The number of likely N-dealkylation sites (N-methyl/N-ethyl adjacent to an activating group) is 1. The number of carbonyl (C=O) groups excluding carboxylic acids is 2. The van der Waals surface area contributed by atoms with Gasteiger partial charge in [-0.25, -0.2) is 9.00 Å². The molecule has 4 aromatic carbocycles. The number of amides is 2. The third-order valence-electron chi connectivity index (χ3n) is 9.32. The molecule has 3 atom stereocenters. The van der Waals surface area contributed by atoms with Crippen molar-refractivity contribution in [1.82, 2.24) is 9.88 Å². The van der Waals surface area contributed by atoms with Crippen molar-refractivity contribution in [2.45, 2.75) is 43.8 Å². The van der Waals surface area contributed by atoms with Gasteiger partial charge in [0.05, 0.1) is 33.4 Å². The average Bonchev–Trinajstić information content (AvgIpc) is 3.35. The number of benzene rings is 4. The first kappa shape index (κ1) is 32.0. The number of ether oxygens (including phenoxy) is 1. The number of aryl methyl sites for hydroxylation is 1. The molecule has 49 heavy (non-hydrogen) atoms. The van der Waals surface area contributed by atoms with E-state index < -0.39 is 21.8 Å². The fraction of sp³-hybridized carbons (Fsp3) is 0.211. The number of pyridine rings is 1. The Morgan fingerprint density at radius 3 is 2.55 bits per heavy atom. The summed E-state index contributed by atoms with van der Waals surface area (Å²) in [6.45, 7) is 4.62. The summed E-state index contributed by atoms with van der Waals surface area (Å²) >= 11 is 0. The highest BCUT2D eigenvalue weighted by atomic mass is 32.2. The first-order chi connectivity index (χ1) is 23.5. The quantitative estimate of drug-likeness (QED) is 0.192. The minimum absolute atomic E-state index is 0.107. The molecule has 3 aliphatic heterocycles. The van der Waals surface area contributed by atoms with Crippen LogP contribution in [0.4, 0.5) is 21.9 Å². The molecule has 3 N–H and O–H groups in total. The van der Waals surface area contributed by atoms with Crippen LogP contribution in [0.3, 0.4) is 0 Å². The Balaban J connectivity index is 1.31. The largest absolute Gasteiger partial charge is 0.449 e. The minimum atomic E-state index is -2.87. The molecule has 0 aliphatic carbocycles. The van der Waals surface area contributed by atoms with E-state index in [0.717, 1.165) is 27.6 Å². The zero-order chi connectivity index (χ0) is 34.4. The second-order valence-electron chi connectivity index (χ2n) is 12.7. The summed E-state index contributed by atoms with van der Waals surface area (Å²) in [5.41, 5.74) is 5.79. The van der Waals surface area contributed by atoms with E-state index in [1.54, 1.807) is 46.7 Å². The zero-order valence-electron chi connectivity index (χ0n) is 27.5. The fourth-order valence-corrected chi connectivity index (χ4v) is 8.67. The number of nitrogens with zero attached hydrogens (tertiary/aromatic N) is 2. The van der Waals surface area contributed by atoms with E-state index >= 15 is 0 Å². The highest BCUT2D eigenvalue weighted by Crippen LogP contribution is 2.38. The number of aromatic amines is 1. The van der Waals surface area contributed by atoms with Crippen molar-refractivity contribution >= 4 is 55.4 Å². The Morgan fingerprint density at radius 1 is 0.939 bits per heavy atom. The lowest BCUT2D eigenvalue weighted by Crippen LogP contribution is -2.36. The highest BCUT2D eigenvalue weighted by Gasteiger charge is 2.32. The van der Waals surface area contributed by atoms with Crippen LogP contribution in [-0.2, 0) is 32.3 Å². The lowest BCUT2D eigenvalue weighted by atomic mass is 9.93. The van der Waals surface area contributed by atoms with E-state index in [1.165, 1.54) is 0 Å². The van der Waals surface area contributed by atoms with Gasteiger partial charge in [0, 0.05) is 42.5 Å². The van der Waals surface area contributed by atoms with Gasteiger partial charge in [0.1, 0.15) is 6.04 Å². The van der Waals surface area contributed by atoms with Gasteiger partial charge in [-0.15, -0.1) is 0 Å². The van der Waals surface area contributed by atoms with Crippen LogP contribution in [0.2, 0.25) is 0 Å². The predicted octanol–water partition coefficient (Wildman–Crippen LogP) is 6.32. The summed E-state index contributed by atoms with van der Waals surface area (Å²) in [6.07, 6.45) is 1.01. The van der Waals surface area contributed by atoms with Crippen molar-refractivity contribution in [3.8, 4) is 0 Å². The number of nitrogens with one attached hydrogen (secondary N) is 3. The Bertz CT molecular complexity index is 2300. The molecular weight excluding hydrogens is 639 g/mol. The molecule has 5 aromatic rings. The molecule has 0 saturated heterocycles. The monoisotopic (exact) mass is 675 g/mol. The number of carbonyl (C=O) groups is 2. The zero-order valence-corrected chi connectivity index (χ0v) is 28.3. The number of fused-ring (bicyclic) bond motifs is 11. The number of rotatable bonds is 3. The third kappa shape index (κ3) is 6.02. The molecule has 1 unspecified atom stereocenters. The van der Waals surface area contributed by atoms with Gasteiger partial charge >= 0.3 is 6.09 Å². The fourth-order valence-electron chi connectivity index (χ4n) is 6.76. The second kappa shape index (κ2) is 12.5. The van der Waals surface area contributed by atoms with Crippen LogP contribution in [0.1, 0.15) is 46.7 Å². The van der Waals surface area contributed by atoms with Gasteiger partial charge < -0.3 is 19.9 Å². The first-order valence-corrected chi connectivity index (χ1v) is 17.7. The molecule has 4 bridgehead atoms. The van der Waals surface area contributed by atoms with Crippen molar-refractivity contribution in [3.05, 3.63) is 129 Å². The molecule has 10 nitrogen and oxygen atoms in total. The Morgan fingerprint density at radius 2 is 1.76 bits per heavy atom. The van der Waals surface area contributed by atoms with Gasteiger partial charge in [0.25, 0.3) is 5.56 Å². The van der Waals surface area contributed by atoms with Crippen LogP contribution in [0, 0.1) is 6.92 Å². The standard InChI is InChI=1S/C38H37N5O5S/c1-23-17-26-10-13-31(23)24(2)22-48-38(46)41-29-12-14-33(43-21-27-7-5-6-8-34(27)49(43,4)47)28(18-29)20-42(3)37(45)35(26)40-30-11-9-25-15-16-39-36(44)32(25)19-30/h5-19,24,35,40H,4,20-22H2,1-3H3,(H,39,44)(H,41,46)/t24-,35+,49?/m0/s1. The number of anilines is 3. The second-order valence-corrected chi connectivity index (χ2v) is 14.9. The van der Waals surface area contributed by atoms with Crippen molar-refractivity contribution in [2.75, 3.05) is 28.6 Å². The topological polar surface area (TPSA) is 124 Å². The minimum Gasteiger partial charge on any atom is -0.449 e. The normalized spacial score (nSPS) is 21.0. The lowest BCUT2D eigenvalue weighted by molar-refractivity contribution is -0.131. The van der Waals surface area contributed by atoms with E-state index in [1.807, 2.05) is 74.5 Å². The van der Waals surface area contributed by atoms with Crippen LogP contribution >= 0.6 is 0 Å². The summed E-state index contributed by atoms with van der Waals surface area (Å²) in [5, 5.41) is 7.53. The SMILES string of the molecule is C=S1(=O)c2ccccc2CN1c1ccc2cc1CN(C)C(=O)[C@H](Nc1ccc3cc[nH]c(=O)c3c1)c1ccc(c(C)c1)[C@@H](C)COC(=O)N2. The van der Waals surface area contributed by atoms with E-state index in [9.17, 15) is 18.6 Å². The third-order valence-corrected chi connectivity index (χ3v) is 11.4. The molecule has 0 saturated carbocycles. The summed E-state index contributed by atoms with van der Waals surface area (Å²) < 4.78 is 21.6. The molecular formula is C38H37N5O5S. The van der Waals surface area contributed by atoms with Crippen LogP contribution in [0.15, 0.2) is 101 Å². The van der Waals surface area contributed by atoms with Gasteiger partial charge in [-0.3, -0.25) is 19.2 Å². The van der Waals surface area contributed by atoms with Crippen LogP contribution in [0.25, 0.3) is 10.8 Å². The lowest BCUT2D eigenvalue weighted by Gasteiger charge is -2.30. The van der Waals surface area contributed by atoms with Gasteiger partial charge in [-0.2, -0.15) is 0 Å². The van der Waals surface area contributed by atoms with Crippen LogP contribution < -0.4 is 20.5 Å². The van der Waals surface area contributed by atoms with Crippen LogP contribution in [0.5, 0.6) is 0 Å². The smallest absolute Gasteiger partial charge is 0.411 e. The number of hydrogen-bond donors (Lipinski definition) is 3. The number of H-pyrrole nitrogens is 1. The Labute approximate surface area is 284 Å². The van der Waals surface area contributed by atoms with Crippen molar-refractivity contribution in [3.63, 3.8) is 0 Å². The maximum atomic E-state index is 14.5. The molecule has 11 heteroatoms. The van der Waals surface area contributed by atoms with Crippen LogP contribution in [-0.4, -0.2) is 45.6 Å². The molecule has 4 heterocycles.